The number of carbonyl (C=O) groups excluding carboxylic acids is 1. The van der Waals surface area contributed by atoms with Gasteiger partial charge in [0.05, 0.1) is 12.0 Å². The summed E-state index contributed by atoms with van der Waals surface area (Å²) in [4.78, 5) is 12.6. The molecular formula is C19H21NO2. The highest BCUT2D eigenvalue weighted by molar-refractivity contribution is 5.91. The summed E-state index contributed by atoms with van der Waals surface area (Å²) in [6, 6.07) is 18.1. The molecule has 0 bridgehead atoms. The van der Waals surface area contributed by atoms with Gasteiger partial charge in [-0.05, 0) is 29.5 Å². The van der Waals surface area contributed by atoms with Crippen molar-refractivity contribution in [2.24, 2.45) is 0 Å². The summed E-state index contributed by atoms with van der Waals surface area (Å²) in [6.07, 6.45) is 1.87. The monoisotopic (exact) mass is 295 g/mol. The number of methoxy groups -OCH3 is 1. The van der Waals surface area contributed by atoms with E-state index in [1.807, 2.05) is 54.6 Å². The fourth-order valence-electron chi connectivity index (χ4n) is 2.90. The molecule has 3 nitrogen and oxygen atoms in total. The largest absolute Gasteiger partial charge is 0.380 e. The van der Waals surface area contributed by atoms with Crippen molar-refractivity contribution in [3.05, 3.63) is 71.3 Å². The van der Waals surface area contributed by atoms with Crippen molar-refractivity contribution in [1.82, 2.24) is 5.32 Å². The molecule has 3 heteroatoms. The molecule has 1 saturated carbocycles. The summed E-state index contributed by atoms with van der Waals surface area (Å²) in [7, 11) is 1.68. The summed E-state index contributed by atoms with van der Waals surface area (Å²) in [5.41, 5.74) is 3.05. The Morgan fingerprint density at radius 3 is 2.32 bits per heavy atom. The lowest BCUT2D eigenvalue weighted by molar-refractivity contribution is -0.123. The highest BCUT2D eigenvalue weighted by Crippen LogP contribution is 2.48. The molecule has 2 aromatic rings. The molecule has 1 N–H and O–H groups in total. The topological polar surface area (TPSA) is 38.3 Å². The summed E-state index contributed by atoms with van der Waals surface area (Å²) in [5.74, 6) is 0.130. The summed E-state index contributed by atoms with van der Waals surface area (Å²) in [5, 5.41) is 3.10. The SMILES string of the molecule is COCc1ccccc1CNC(=O)C1(c2ccccc2)CC1. The van der Waals surface area contributed by atoms with Crippen molar-refractivity contribution < 1.29 is 9.53 Å². The Kier molecular flexibility index (Phi) is 4.25. The van der Waals surface area contributed by atoms with Gasteiger partial charge in [0.2, 0.25) is 5.91 Å². The van der Waals surface area contributed by atoms with E-state index in [9.17, 15) is 4.79 Å². The average molecular weight is 295 g/mol. The minimum atomic E-state index is -0.308. The lowest BCUT2D eigenvalue weighted by Crippen LogP contribution is -2.34. The van der Waals surface area contributed by atoms with Crippen LogP contribution in [0.4, 0.5) is 0 Å². The predicted molar refractivity (Wildman–Crippen MR) is 86.4 cm³/mol. The first-order valence-electron chi connectivity index (χ1n) is 7.66. The van der Waals surface area contributed by atoms with Crippen LogP contribution in [0.1, 0.15) is 29.5 Å². The quantitative estimate of drug-likeness (QED) is 0.889. The standard InChI is InChI=1S/C19H21NO2/c1-22-14-16-8-6-5-7-15(16)13-20-18(21)19(11-12-19)17-9-3-2-4-10-17/h2-10H,11-14H2,1H3,(H,20,21). The molecule has 0 saturated heterocycles. The molecule has 0 unspecified atom stereocenters. The van der Waals surface area contributed by atoms with Crippen LogP contribution in [0.3, 0.4) is 0 Å². The van der Waals surface area contributed by atoms with Crippen LogP contribution in [0.25, 0.3) is 0 Å². The molecular weight excluding hydrogens is 274 g/mol. The van der Waals surface area contributed by atoms with Crippen LogP contribution in [-0.2, 0) is 28.1 Å². The second kappa shape index (κ2) is 6.32. The zero-order valence-electron chi connectivity index (χ0n) is 12.8. The Bertz CT molecular complexity index is 647. The van der Waals surface area contributed by atoms with Gasteiger partial charge in [0.15, 0.2) is 0 Å². The lowest BCUT2D eigenvalue weighted by atomic mass is 9.95. The Balaban J connectivity index is 1.69. The van der Waals surface area contributed by atoms with Gasteiger partial charge in [-0.15, -0.1) is 0 Å². The Morgan fingerprint density at radius 1 is 1.05 bits per heavy atom. The maximum absolute atomic E-state index is 12.6. The van der Waals surface area contributed by atoms with E-state index in [1.54, 1.807) is 7.11 Å². The van der Waals surface area contributed by atoms with E-state index >= 15 is 0 Å². The highest BCUT2D eigenvalue weighted by Gasteiger charge is 2.50. The number of ether oxygens (including phenoxy) is 1. The van der Waals surface area contributed by atoms with E-state index in [4.69, 9.17) is 4.74 Å². The predicted octanol–water partition coefficient (Wildman–Crippen LogP) is 3.18. The van der Waals surface area contributed by atoms with Gasteiger partial charge in [-0.25, -0.2) is 0 Å². The van der Waals surface area contributed by atoms with Gasteiger partial charge in [0.25, 0.3) is 0 Å². The molecule has 0 atom stereocenters. The van der Waals surface area contributed by atoms with Crippen molar-refractivity contribution in [2.45, 2.75) is 31.4 Å². The van der Waals surface area contributed by atoms with Gasteiger partial charge in [-0.2, -0.15) is 0 Å². The van der Waals surface area contributed by atoms with Crippen LogP contribution in [0.2, 0.25) is 0 Å². The van der Waals surface area contributed by atoms with Crippen LogP contribution >= 0.6 is 0 Å². The van der Waals surface area contributed by atoms with Crippen molar-refractivity contribution in [3.8, 4) is 0 Å². The third-order valence-corrected chi connectivity index (χ3v) is 4.37. The molecule has 0 spiro atoms. The van der Waals surface area contributed by atoms with E-state index in [0.29, 0.717) is 13.2 Å². The maximum Gasteiger partial charge on any atom is 0.230 e. The van der Waals surface area contributed by atoms with Gasteiger partial charge in [-0.3, -0.25) is 4.79 Å². The normalized spacial score (nSPS) is 15.3. The smallest absolute Gasteiger partial charge is 0.230 e. The maximum atomic E-state index is 12.6. The van der Waals surface area contributed by atoms with Gasteiger partial charge >= 0.3 is 0 Å². The zero-order chi connectivity index (χ0) is 15.4. The Morgan fingerprint density at radius 2 is 1.68 bits per heavy atom. The fourth-order valence-corrected chi connectivity index (χ4v) is 2.90. The molecule has 0 radical (unpaired) electrons. The van der Waals surface area contributed by atoms with Crippen molar-refractivity contribution >= 4 is 5.91 Å². The summed E-state index contributed by atoms with van der Waals surface area (Å²) >= 11 is 0. The molecule has 22 heavy (non-hydrogen) atoms. The van der Waals surface area contributed by atoms with Crippen LogP contribution < -0.4 is 5.32 Å². The first-order valence-corrected chi connectivity index (χ1v) is 7.66. The average Bonchev–Trinajstić information content (AvgIpc) is 3.37. The molecule has 1 aliphatic rings. The van der Waals surface area contributed by atoms with E-state index in [1.165, 1.54) is 0 Å². The lowest BCUT2D eigenvalue weighted by Gasteiger charge is -2.17. The van der Waals surface area contributed by atoms with Crippen molar-refractivity contribution in [3.63, 3.8) is 0 Å². The number of benzene rings is 2. The van der Waals surface area contributed by atoms with Crippen molar-refractivity contribution in [2.75, 3.05) is 7.11 Å². The molecule has 0 aliphatic heterocycles. The Labute approximate surface area is 131 Å². The first-order chi connectivity index (χ1) is 10.8. The first kappa shape index (κ1) is 14.8. The van der Waals surface area contributed by atoms with Gasteiger partial charge in [0.1, 0.15) is 0 Å². The van der Waals surface area contributed by atoms with E-state index in [-0.39, 0.29) is 11.3 Å². The number of rotatable bonds is 6. The van der Waals surface area contributed by atoms with Crippen LogP contribution in [0.5, 0.6) is 0 Å². The molecule has 3 rings (SSSR count). The number of nitrogens with one attached hydrogen (secondary N) is 1. The third kappa shape index (κ3) is 2.90. The second-order valence-electron chi connectivity index (χ2n) is 5.83. The molecule has 2 aromatic carbocycles. The van der Waals surface area contributed by atoms with Gasteiger partial charge < -0.3 is 10.1 Å². The second-order valence-corrected chi connectivity index (χ2v) is 5.83. The van der Waals surface area contributed by atoms with Gasteiger partial charge in [-0.1, -0.05) is 54.6 Å². The fraction of sp³-hybridized carbons (Fsp3) is 0.316. The molecule has 114 valence electrons. The number of carbonyl (C=O) groups is 1. The molecule has 1 fully saturated rings. The van der Waals surface area contributed by atoms with E-state index < -0.39 is 0 Å². The van der Waals surface area contributed by atoms with Crippen LogP contribution in [-0.4, -0.2) is 13.0 Å². The number of amides is 1. The Hall–Kier alpha value is -2.13. The van der Waals surface area contributed by atoms with E-state index in [2.05, 4.69) is 5.32 Å². The molecule has 0 aromatic heterocycles. The summed E-state index contributed by atoms with van der Waals surface area (Å²) < 4.78 is 5.21. The minimum absolute atomic E-state index is 0.130. The number of hydrogen-bond donors (Lipinski definition) is 1. The minimum Gasteiger partial charge on any atom is -0.380 e. The summed E-state index contributed by atoms with van der Waals surface area (Å²) in [6.45, 7) is 1.11. The van der Waals surface area contributed by atoms with Gasteiger partial charge in [0, 0.05) is 13.7 Å². The number of hydrogen-bond acceptors (Lipinski definition) is 2. The zero-order valence-corrected chi connectivity index (χ0v) is 12.8. The van der Waals surface area contributed by atoms with E-state index in [0.717, 1.165) is 29.5 Å². The van der Waals surface area contributed by atoms with Crippen LogP contribution in [0, 0.1) is 0 Å². The molecule has 1 amide bonds. The molecule has 1 aliphatic carbocycles. The van der Waals surface area contributed by atoms with Crippen molar-refractivity contribution in [1.29, 1.82) is 0 Å². The third-order valence-electron chi connectivity index (χ3n) is 4.37. The highest BCUT2D eigenvalue weighted by atomic mass is 16.5. The van der Waals surface area contributed by atoms with Crippen LogP contribution in [0.15, 0.2) is 54.6 Å². The molecule has 0 heterocycles.